The molecule has 1 aliphatic carbocycles. The van der Waals surface area contributed by atoms with E-state index in [9.17, 15) is 4.79 Å². The number of hydrogen-bond donors (Lipinski definition) is 0. The zero-order chi connectivity index (χ0) is 21.3. The molecule has 0 radical (unpaired) electrons. The maximum atomic E-state index is 13.3. The summed E-state index contributed by atoms with van der Waals surface area (Å²) >= 11 is 0. The Hall–Kier alpha value is -3.28. The fourth-order valence-corrected chi connectivity index (χ4v) is 3.80. The fraction of sp³-hybridized carbons (Fsp3) is 0.333. The maximum absolute atomic E-state index is 13.3. The molecule has 0 saturated heterocycles. The van der Waals surface area contributed by atoms with Crippen molar-refractivity contribution in [3.05, 3.63) is 71.0 Å². The number of ether oxygens (including phenoxy) is 2. The number of aryl methyl sites for hydroxylation is 1. The van der Waals surface area contributed by atoms with Gasteiger partial charge in [-0.15, -0.1) is 0 Å². The minimum atomic E-state index is -0.0217. The average Bonchev–Trinajstić information content (AvgIpc) is 3.51. The van der Waals surface area contributed by atoms with Crippen molar-refractivity contribution in [2.75, 3.05) is 21.3 Å². The predicted octanol–water partition coefficient (Wildman–Crippen LogP) is 4.35. The highest BCUT2D eigenvalue weighted by Crippen LogP contribution is 2.43. The Morgan fingerprint density at radius 2 is 1.87 bits per heavy atom. The molecule has 0 atom stereocenters. The lowest BCUT2D eigenvalue weighted by molar-refractivity contribution is 0.0783. The molecule has 0 spiro atoms. The zero-order valence-corrected chi connectivity index (χ0v) is 17.9. The summed E-state index contributed by atoms with van der Waals surface area (Å²) in [5.74, 6) is 1.69. The van der Waals surface area contributed by atoms with Crippen molar-refractivity contribution in [2.45, 2.75) is 32.2 Å². The molecule has 1 heterocycles. The molecule has 0 unspecified atom stereocenters. The first kappa shape index (κ1) is 20.0. The van der Waals surface area contributed by atoms with Gasteiger partial charge >= 0.3 is 0 Å². The van der Waals surface area contributed by atoms with Crippen LogP contribution in [0.25, 0.3) is 5.69 Å². The Balaban J connectivity index is 1.61. The fourth-order valence-electron chi connectivity index (χ4n) is 3.80. The number of rotatable bonds is 7. The highest BCUT2D eigenvalue weighted by molar-refractivity contribution is 5.95. The first-order valence-corrected chi connectivity index (χ1v) is 10.1. The maximum Gasteiger partial charge on any atom is 0.257 e. The Bertz CT molecular complexity index is 1070. The van der Waals surface area contributed by atoms with Crippen LogP contribution >= 0.6 is 0 Å². The normalized spacial score (nSPS) is 13.2. The summed E-state index contributed by atoms with van der Waals surface area (Å²) in [4.78, 5) is 15.1. The van der Waals surface area contributed by atoms with E-state index in [2.05, 4.69) is 24.2 Å². The van der Waals surface area contributed by atoms with E-state index in [0.29, 0.717) is 29.5 Å². The van der Waals surface area contributed by atoms with Crippen LogP contribution in [0.2, 0.25) is 0 Å². The van der Waals surface area contributed by atoms with E-state index in [0.717, 1.165) is 35.3 Å². The second kappa shape index (κ2) is 8.22. The number of para-hydroxylation sites is 1. The van der Waals surface area contributed by atoms with E-state index in [1.807, 2.05) is 42.1 Å². The topological polar surface area (TPSA) is 56.6 Å². The number of carbonyl (C=O) groups is 1. The lowest BCUT2D eigenvalue weighted by Gasteiger charge is -2.19. The first-order valence-electron chi connectivity index (χ1n) is 10.1. The molecule has 0 N–H and O–H groups in total. The second-order valence-corrected chi connectivity index (χ2v) is 7.77. The van der Waals surface area contributed by atoms with E-state index in [1.54, 1.807) is 25.3 Å². The predicted molar refractivity (Wildman–Crippen MR) is 116 cm³/mol. The van der Waals surface area contributed by atoms with Gasteiger partial charge in [0.15, 0.2) is 11.5 Å². The molecule has 0 aliphatic heterocycles. The third-order valence-electron chi connectivity index (χ3n) is 5.56. The number of benzene rings is 2. The quantitative estimate of drug-likeness (QED) is 0.586. The molecule has 3 aromatic rings. The Kier molecular flexibility index (Phi) is 5.48. The van der Waals surface area contributed by atoms with Crippen LogP contribution in [0.3, 0.4) is 0 Å². The summed E-state index contributed by atoms with van der Waals surface area (Å²) in [6, 6.07) is 13.9. The van der Waals surface area contributed by atoms with Gasteiger partial charge in [0, 0.05) is 19.5 Å². The average molecular weight is 405 g/mol. The Morgan fingerprint density at radius 3 is 2.53 bits per heavy atom. The van der Waals surface area contributed by atoms with Gasteiger partial charge in [-0.3, -0.25) is 4.79 Å². The van der Waals surface area contributed by atoms with Crippen LogP contribution in [-0.4, -0.2) is 41.9 Å². The second-order valence-electron chi connectivity index (χ2n) is 7.77. The molecule has 6 heteroatoms. The molecular weight excluding hydrogens is 378 g/mol. The number of carbonyl (C=O) groups excluding carboxylic acids is 1. The van der Waals surface area contributed by atoms with E-state index < -0.39 is 0 Å². The van der Waals surface area contributed by atoms with Crippen LogP contribution in [0.15, 0.2) is 48.7 Å². The molecule has 0 bridgehead atoms. The highest BCUT2D eigenvalue weighted by atomic mass is 16.5. The van der Waals surface area contributed by atoms with E-state index in [1.165, 1.54) is 0 Å². The van der Waals surface area contributed by atoms with Crippen LogP contribution in [0.1, 0.15) is 45.9 Å². The summed E-state index contributed by atoms with van der Waals surface area (Å²) in [7, 11) is 5.04. The molecule has 6 nitrogen and oxygen atoms in total. The molecule has 1 saturated carbocycles. The smallest absolute Gasteiger partial charge is 0.257 e. The van der Waals surface area contributed by atoms with Crippen molar-refractivity contribution in [1.82, 2.24) is 14.7 Å². The van der Waals surface area contributed by atoms with E-state index in [4.69, 9.17) is 9.47 Å². The third kappa shape index (κ3) is 3.77. The van der Waals surface area contributed by atoms with Gasteiger partial charge in [0.25, 0.3) is 5.91 Å². The molecule has 1 aliphatic rings. The molecule has 2 aromatic carbocycles. The monoisotopic (exact) mass is 405 g/mol. The first-order chi connectivity index (χ1) is 14.5. The molecule has 1 aromatic heterocycles. The Labute approximate surface area is 177 Å². The largest absolute Gasteiger partial charge is 0.493 e. The van der Waals surface area contributed by atoms with Crippen molar-refractivity contribution in [3.63, 3.8) is 0 Å². The molecule has 1 amide bonds. The molecule has 30 heavy (non-hydrogen) atoms. The third-order valence-corrected chi connectivity index (χ3v) is 5.56. The van der Waals surface area contributed by atoms with Crippen LogP contribution < -0.4 is 9.47 Å². The number of methoxy groups -OCH3 is 2. The van der Waals surface area contributed by atoms with E-state index in [-0.39, 0.29) is 5.91 Å². The summed E-state index contributed by atoms with van der Waals surface area (Å²) in [5.41, 5.74) is 4.85. The van der Waals surface area contributed by atoms with E-state index >= 15 is 0 Å². The molecule has 1 fully saturated rings. The van der Waals surface area contributed by atoms with Crippen LogP contribution in [0.5, 0.6) is 11.5 Å². The van der Waals surface area contributed by atoms with Gasteiger partial charge in [0.1, 0.15) is 0 Å². The van der Waals surface area contributed by atoms with Gasteiger partial charge in [-0.05, 0) is 49.1 Å². The van der Waals surface area contributed by atoms with Crippen molar-refractivity contribution < 1.29 is 14.3 Å². The number of hydrogen-bond acceptors (Lipinski definition) is 4. The SMILES string of the molecule is COc1ccc(CN(C)C(=O)c2cnn(-c3ccccc3C)c2C2CC2)cc1OC. The zero-order valence-electron chi connectivity index (χ0n) is 17.9. The number of aromatic nitrogens is 2. The number of nitrogens with zero attached hydrogens (tertiary/aromatic N) is 3. The summed E-state index contributed by atoms with van der Waals surface area (Å²) in [5, 5.41) is 4.60. The highest BCUT2D eigenvalue weighted by Gasteiger charge is 2.34. The molecule has 4 rings (SSSR count). The lowest BCUT2D eigenvalue weighted by Crippen LogP contribution is -2.27. The van der Waals surface area contributed by atoms with Crippen LogP contribution in [0, 0.1) is 6.92 Å². The van der Waals surface area contributed by atoms with Gasteiger partial charge in [0.2, 0.25) is 0 Å². The van der Waals surface area contributed by atoms with Gasteiger partial charge in [-0.25, -0.2) is 4.68 Å². The standard InChI is InChI=1S/C24H27N3O3/c1-16-7-5-6-8-20(16)27-23(18-10-11-18)19(14-25-27)24(28)26(2)15-17-9-12-21(29-3)22(13-17)30-4/h5-9,12-14,18H,10-11,15H2,1-4H3. The van der Waals surface area contributed by atoms with Gasteiger partial charge in [-0.2, -0.15) is 5.10 Å². The minimum Gasteiger partial charge on any atom is -0.493 e. The summed E-state index contributed by atoms with van der Waals surface area (Å²) in [6.45, 7) is 2.54. The van der Waals surface area contributed by atoms with Crippen molar-refractivity contribution in [1.29, 1.82) is 0 Å². The molecular formula is C24H27N3O3. The van der Waals surface area contributed by atoms with Crippen LogP contribution in [0.4, 0.5) is 0 Å². The minimum absolute atomic E-state index is 0.0217. The summed E-state index contributed by atoms with van der Waals surface area (Å²) < 4.78 is 12.6. The van der Waals surface area contributed by atoms with Crippen LogP contribution in [-0.2, 0) is 6.54 Å². The Morgan fingerprint density at radius 1 is 1.13 bits per heavy atom. The van der Waals surface area contributed by atoms with Gasteiger partial charge in [-0.1, -0.05) is 24.3 Å². The van der Waals surface area contributed by atoms with Crippen molar-refractivity contribution in [2.24, 2.45) is 0 Å². The number of amides is 1. The summed E-state index contributed by atoms with van der Waals surface area (Å²) in [6.07, 6.45) is 3.90. The van der Waals surface area contributed by atoms with Crippen molar-refractivity contribution in [3.8, 4) is 17.2 Å². The lowest BCUT2D eigenvalue weighted by atomic mass is 10.1. The van der Waals surface area contributed by atoms with Gasteiger partial charge in [0.05, 0.1) is 37.4 Å². The van der Waals surface area contributed by atoms with Crippen molar-refractivity contribution >= 4 is 5.91 Å². The van der Waals surface area contributed by atoms with Gasteiger partial charge < -0.3 is 14.4 Å². The molecule has 156 valence electrons.